The Hall–Kier alpha value is -4.10. The van der Waals surface area contributed by atoms with E-state index in [4.69, 9.17) is 20.8 Å². The molecular formula is C28H24ClNO6. The number of esters is 1. The quantitative estimate of drug-likeness (QED) is 0.280. The van der Waals surface area contributed by atoms with Gasteiger partial charge in [0.2, 0.25) is 0 Å². The van der Waals surface area contributed by atoms with E-state index in [9.17, 15) is 19.5 Å². The second-order valence-corrected chi connectivity index (χ2v) is 8.76. The third-order valence-electron chi connectivity index (χ3n) is 5.81. The number of ether oxygens (including phenoxy) is 1. The van der Waals surface area contributed by atoms with Crippen LogP contribution in [0.5, 0.6) is 0 Å². The van der Waals surface area contributed by atoms with Crippen LogP contribution in [0.25, 0.3) is 22.1 Å². The molecule has 0 aliphatic rings. The lowest BCUT2D eigenvalue weighted by Gasteiger charge is -2.13. The van der Waals surface area contributed by atoms with Gasteiger partial charge in [-0.2, -0.15) is 0 Å². The van der Waals surface area contributed by atoms with E-state index in [0.29, 0.717) is 16.2 Å². The maximum absolute atomic E-state index is 12.9. The van der Waals surface area contributed by atoms with Crippen molar-refractivity contribution in [3.05, 3.63) is 94.7 Å². The average molecular weight is 506 g/mol. The number of hydrogen-bond acceptors (Lipinski definition) is 5. The minimum Gasteiger partial charge on any atom is -0.480 e. The summed E-state index contributed by atoms with van der Waals surface area (Å²) >= 11 is 5.97. The zero-order chi connectivity index (χ0) is 25.7. The van der Waals surface area contributed by atoms with Crippen molar-refractivity contribution in [2.45, 2.75) is 32.4 Å². The number of carbonyl (C=O) groups is 3. The highest BCUT2D eigenvalue weighted by molar-refractivity contribution is 6.30. The van der Waals surface area contributed by atoms with Crippen molar-refractivity contribution < 1.29 is 28.6 Å². The summed E-state index contributed by atoms with van der Waals surface area (Å²) in [5, 5.41) is 13.4. The average Bonchev–Trinajstić information content (AvgIpc) is 3.21. The van der Waals surface area contributed by atoms with Crippen molar-refractivity contribution in [2.75, 3.05) is 0 Å². The molecule has 0 bridgehead atoms. The van der Waals surface area contributed by atoms with Gasteiger partial charge in [0.05, 0.1) is 0 Å². The summed E-state index contributed by atoms with van der Waals surface area (Å²) in [5.41, 5.74) is 3.75. The molecular weight excluding hydrogens is 482 g/mol. The van der Waals surface area contributed by atoms with Gasteiger partial charge in [-0.15, -0.1) is 0 Å². The van der Waals surface area contributed by atoms with Crippen LogP contribution < -0.4 is 5.32 Å². The largest absolute Gasteiger partial charge is 0.480 e. The van der Waals surface area contributed by atoms with E-state index in [1.807, 2.05) is 60.7 Å². The predicted molar refractivity (Wildman–Crippen MR) is 136 cm³/mol. The number of halogens is 1. The fourth-order valence-electron chi connectivity index (χ4n) is 3.82. The fourth-order valence-corrected chi connectivity index (χ4v) is 3.94. The Bertz CT molecular complexity index is 1400. The molecule has 1 atom stereocenters. The first-order chi connectivity index (χ1) is 17.3. The highest BCUT2D eigenvalue weighted by atomic mass is 35.5. The fraction of sp³-hybridized carbons (Fsp3) is 0.179. The lowest BCUT2D eigenvalue weighted by atomic mass is 10.0. The van der Waals surface area contributed by atoms with E-state index in [2.05, 4.69) is 5.32 Å². The molecule has 8 heteroatoms. The molecule has 0 aliphatic carbocycles. The Morgan fingerprint density at radius 1 is 1.00 bits per heavy atom. The van der Waals surface area contributed by atoms with Crippen molar-refractivity contribution >= 4 is 40.4 Å². The topological polar surface area (TPSA) is 106 Å². The number of aliphatic carboxylic acids is 1. The van der Waals surface area contributed by atoms with Gasteiger partial charge in [-0.05, 0) is 48.2 Å². The predicted octanol–water partition coefficient (Wildman–Crippen LogP) is 5.77. The molecule has 0 spiro atoms. The van der Waals surface area contributed by atoms with Gasteiger partial charge in [-0.3, -0.25) is 9.59 Å². The van der Waals surface area contributed by atoms with Gasteiger partial charge < -0.3 is 19.6 Å². The minimum atomic E-state index is -1.28. The van der Waals surface area contributed by atoms with Crippen LogP contribution in [0.3, 0.4) is 0 Å². The van der Waals surface area contributed by atoms with Crippen LogP contribution in [-0.4, -0.2) is 29.0 Å². The first-order valence-corrected chi connectivity index (χ1v) is 11.7. The van der Waals surface area contributed by atoms with E-state index in [1.165, 1.54) is 0 Å². The van der Waals surface area contributed by atoms with Crippen LogP contribution in [0, 0.1) is 6.92 Å². The summed E-state index contributed by atoms with van der Waals surface area (Å²) in [4.78, 5) is 36.7. The van der Waals surface area contributed by atoms with E-state index < -0.39 is 23.9 Å². The molecule has 0 saturated heterocycles. The number of carboxylic acids is 1. The Morgan fingerprint density at radius 2 is 1.69 bits per heavy atom. The Kier molecular flexibility index (Phi) is 7.71. The van der Waals surface area contributed by atoms with E-state index in [1.54, 1.807) is 19.1 Å². The van der Waals surface area contributed by atoms with Gasteiger partial charge in [-0.1, -0.05) is 66.2 Å². The Labute approximate surface area is 212 Å². The number of furan rings is 1. The molecule has 1 aromatic heterocycles. The monoisotopic (exact) mass is 505 g/mol. The van der Waals surface area contributed by atoms with Crippen LogP contribution in [0.15, 0.2) is 77.2 Å². The molecule has 1 amide bonds. The van der Waals surface area contributed by atoms with Crippen LogP contribution in [0.4, 0.5) is 0 Å². The van der Waals surface area contributed by atoms with Gasteiger partial charge in [0, 0.05) is 22.4 Å². The van der Waals surface area contributed by atoms with Crippen molar-refractivity contribution in [3.63, 3.8) is 0 Å². The van der Waals surface area contributed by atoms with Crippen molar-refractivity contribution in [2.24, 2.45) is 0 Å². The number of benzene rings is 3. The molecule has 0 fully saturated rings. The lowest BCUT2D eigenvalue weighted by molar-refractivity contribution is -0.145. The molecule has 184 valence electrons. The molecule has 7 nitrogen and oxygen atoms in total. The minimum absolute atomic E-state index is 0.0242. The second kappa shape index (κ2) is 11.1. The third kappa shape index (κ3) is 5.93. The first-order valence-electron chi connectivity index (χ1n) is 11.3. The Balaban J connectivity index is 1.42. The number of carbonyl (C=O) groups excluding carboxylic acids is 2. The molecule has 2 N–H and O–H groups in total. The van der Waals surface area contributed by atoms with Gasteiger partial charge in [0.25, 0.3) is 5.91 Å². The van der Waals surface area contributed by atoms with Crippen LogP contribution in [0.2, 0.25) is 5.02 Å². The van der Waals surface area contributed by atoms with E-state index in [0.717, 1.165) is 22.1 Å². The molecule has 0 radical (unpaired) electrons. The van der Waals surface area contributed by atoms with Crippen molar-refractivity contribution in [1.29, 1.82) is 0 Å². The first kappa shape index (κ1) is 25.0. The maximum Gasteiger partial charge on any atom is 0.326 e. The molecule has 0 aliphatic heterocycles. The third-order valence-corrected chi connectivity index (χ3v) is 6.06. The highest BCUT2D eigenvalue weighted by Gasteiger charge is 2.25. The van der Waals surface area contributed by atoms with Gasteiger partial charge in [0.1, 0.15) is 18.2 Å². The molecule has 3 aromatic carbocycles. The number of nitrogens with one attached hydrogen (secondary N) is 1. The van der Waals surface area contributed by atoms with E-state index >= 15 is 0 Å². The number of amides is 1. The SMILES string of the molecule is Cc1c(C(=O)N[C@@H](CCC(=O)OCc2ccccc2)C(=O)O)oc2cc(-c3ccc(Cl)cc3)ccc12. The summed E-state index contributed by atoms with van der Waals surface area (Å²) < 4.78 is 11.0. The number of rotatable bonds is 9. The molecule has 0 unspecified atom stereocenters. The zero-order valence-corrected chi connectivity index (χ0v) is 20.2. The zero-order valence-electron chi connectivity index (χ0n) is 19.5. The number of fused-ring (bicyclic) bond motifs is 1. The molecule has 1 heterocycles. The highest BCUT2D eigenvalue weighted by Crippen LogP contribution is 2.30. The lowest BCUT2D eigenvalue weighted by Crippen LogP contribution is -2.41. The maximum atomic E-state index is 12.9. The molecule has 4 aromatic rings. The number of hydrogen-bond donors (Lipinski definition) is 2. The van der Waals surface area contributed by atoms with Gasteiger partial charge in [0.15, 0.2) is 5.76 Å². The van der Waals surface area contributed by atoms with Gasteiger partial charge >= 0.3 is 11.9 Å². The molecule has 4 rings (SSSR count). The van der Waals surface area contributed by atoms with Gasteiger partial charge in [-0.25, -0.2) is 4.79 Å². The summed E-state index contributed by atoms with van der Waals surface area (Å²) in [6.07, 6.45) is -0.275. The van der Waals surface area contributed by atoms with Crippen LogP contribution in [-0.2, 0) is 20.9 Å². The number of aryl methyl sites for hydroxylation is 1. The summed E-state index contributed by atoms with van der Waals surface area (Å²) in [7, 11) is 0. The molecule has 36 heavy (non-hydrogen) atoms. The standard InChI is InChI=1S/C28H24ClNO6/c1-17-22-12-9-20(19-7-10-21(29)11-8-19)15-24(22)36-26(17)27(32)30-23(28(33)34)13-14-25(31)35-16-18-5-3-2-4-6-18/h2-12,15,23H,13-14,16H2,1H3,(H,30,32)(H,33,34)/t23-/m0/s1. The summed E-state index contributed by atoms with van der Waals surface area (Å²) in [6.45, 7) is 1.83. The smallest absolute Gasteiger partial charge is 0.326 e. The normalized spacial score (nSPS) is 11.7. The van der Waals surface area contributed by atoms with E-state index in [-0.39, 0.29) is 25.2 Å². The Morgan fingerprint density at radius 3 is 2.39 bits per heavy atom. The van der Waals surface area contributed by atoms with Crippen molar-refractivity contribution in [3.8, 4) is 11.1 Å². The summed E-state index contributed by atoms with van der Waals surface area (Å²) in [6, 6.07) is 20.8. The second-order valence-electron chi connectivity index (χ2n) is 8.32. The number of carboxylic acid groups (broad SMARTS) is 1. The van der Waals surface area contributed by atoms with Crippen LogP contribution in [0.1, 0.15) is 34.5 Å². The summed E-state index contributed by atoms with van der Waals surface area (Å²) in [5.74, 6) is -2.44. The molecule has 0 saturated carbocycles. The van der Waals surface area contributed by atoms with Crippen LogP contribution >= 0.6 is 11.6 Å². The van der Waals surface area contributed by atoms with Crippen molar-refractivity contribution in [1.82, 2.24) is 5.32 Å².